The number of aliphatic imine (C=N–C) groups is 1. The minimum Gasteiger partial charge on any atom is -0.356 e. The van der Waals surface area contributed by atoms with E-state index in [1.807, 2.05) is 4.90 Å². The Kier molecular flexibility index (Phi) is 7.03. The molecule has 4 rings (SSSR count). The van der Waals surface area contributed by atoms with Gasteiger partial charge in [0.15, 0.2) is 5.96 Å². The van der Waals surface area contributed by atoms with E-state index in [4.69, 9.17) is 4.99 Å². The maximum Gasteiger partial charge on any atom is 0.222 e. The molecule has 2 aliphatic heterocycles. The van der Waals surface area contributed by atoms with Gasteiger partial charge in [0, 0.05) is 39.1 Å². The van der Waals surface area contributed by atoms with Crippen LogP contribution in [0.25, 0.3) is 5.57 Å². The van der Waals surface area contributed by atoms with Crippen molar-refractivity contribution in [3.8, 4) is 0 Å². The zero-order chi connectivity index (χ0) is 21.5. The van der Waals surface area contributed by atoms with E-state index in [9.17, 15) is 4.79 Å². The van der Waals surface area contributed by atoms with Crippen molar-refractivity contribution in [2.75, 3.05) is 26.2 Å². The number of guanidine groups is 1. The Morgan fingerprint density at radius 2 is 1.87 bits per heavy atom. The third-order valence-corrected chi connectivity index (χ3v) is 5.94. The highest BCUT2D eigenvalue weighted by Crippen LogP contribution is 2.22. The molecule has 5 heteroatoms. The number of benzene rings is 2. The lowest BCUT2D eigenvalue weighted by atomic mass is 10.00. The van der Waals surface area contributed by atoms with Crippen molar-refractivity contribution in [2.24, 2.45) is 4.99 Å². The molecule has 2 heterocycles. The standard InChI is InChI=1S/C26H32N4O/c1-2-27-26(29-16-13-24(14-17-29)23-10-4-3-5-11-23)28-19-21-8-6-9-22(18-21)20-30-15-7-12-25(30)31/h3-6,8-11,13,18H,2,7,12,14-17,19-20H2,1H3,(H,27,28). The fourth-order valence-corrected chi connectivity index (χ4v) is 4.29. The van der Waals surface area contributed by atoms with Crippen LogP contribution in [0.15, 0.2) is 65.7 Å². The summed E-state index contributed by atoms with van der Waals surface area (Å²) in [4.78, 5) is 21.1. The van der Waals surface area contributed by atoms with E-state index in [0.29, 0.717) is 19.5 Å². The van der Waals surface area contributed by atoms with Crippen molar-refractivity contribution in [1.82, 2.24) is 15.1 Å². The number of likely N-dealkylation sites (tertiary alicyclic amines) is 1. The first-order valence-corrected chi connectivity index (χ1v) is 11.4. The van der Waals surface area contributed by atoms with E-state index in [-0.39, 0.29) is 5.91 Å². The van der Waals surface area contributed by atoms with Gasteiger partial charge in [-0.3, -0.25) is 4.79 Å². The van der Waals surface area contributed by atoms with Crippen LogP contribution in [0.2, 0.25) is 0 Å². The summed E-state index contributed by atoms with van der Waals surface area (Å²) in [5.74, 6) is 1.23. The zero-order valence-corrected chi connectivity index (χ0v) is 18.4. The van der Waals surface area contributed by atoms with Gasteiger partial charge in [-0.1, -0.05) is 60.7 Å². The highest BCUT2D eigenvalue weighted by Gasteiger charge is 2.20. The molecule has 1 saturated heterocycles. The number of hydrogen-bond donors (Lipinski definition) is 1. The highest BCUT2D eigenvalue weighted by atomic mass is 16.2. The van der Waals surface area contributed by atoms with Crippen molar-refractivity contribution in [1.29, 1.82) is 0 Å². The minimum atomic E-state index is 0.269. The highest BCUT2D eigenvalue weighted by molar-refractivity contribution is 5.81. The van der Waals surface area contributed by atoms with E-state index >= 15 is 0 Å². The molecule has 5 nitrogen and oxygen atoms in total. The first kappa shape index (κ1) is 21.2. The summed E-state index contributed by atoms with van der Waals surface area (Å²) in [5, 5.41) is 3.45. The number of carbonyl (C=O) groups is 1. The fourth-order valence-electron chi connectivity index (χ4n) is 4.29. The Morgan fingerprint density at radius 1 is 1.03 bits per heavy atom. The Bertz CT molecular complexity index is 951. The van der Waals surface area contributed by atoms with E-state index in [1.54, 1.807) is 0 Å². The second-order valence-electron chi connectivity index (χ2n) is 8.20. The molecule has 0 aromatic heterocycles. The predicted octanol–water partition coefficient (Wildman–Crippen LogP) is 4.06. The molecular weight excluding hydrogens is 384 g/mol. The normalized spacial score (nSPS) is 17.1. The largest absolute Gasteiger partial charge is 0.356 e. The lowest BCUT2D eigenvalue weighted by Crippen LogP contribution is -2.43. The molecule has 1 fully saturated rings. The van der Waals surface area contributed by atoms with Crippen molar-refractivity contribution in [3.63, 3.8) is 0 Å². The average Bonchev–Trinajstić information content (AvgIpc) is 3.22. The van der Waals surface area contributed by atoms with Crippen LogP contribution in [-0.2, 0) is 17.9 Å². The van der Waals surface area contributed by atoms with Crippen molar-refractivity contribution >= 4 is 17.4 Å². The molecule has 2 aromatic carbocycles. The first-order valence-electron chi connectivity index (χ1n) is 11.4. The topological polar surface area (TPSA) is 47.9 Å². The van der Waals surface area contributed by atoms with E-state index in [2.05, 4.69) is 77.8 Å². The number of nitrogens with zero attached hydrogens (tertiary/aromatic N) is 3. The van der Waals surface area contributed by atoms with Gasteiger partial charge >= 0.3 is 0 Å². The number of carbonyl (C=O) groups excluding carboxylic acids is 1. The van der Waals surface area contributed by atoms with Gasteiger partial charge in [-0.2, -0.15) is 0 Å². The monoisotopic (exact) mass is 416 g/mol. The van der Waals surface area contributed by atoms with E-state index in [0.717, 1.165) is 45.0 Å². The van der Waals surface area contributed by atoms with Crippen LogP contribution < -0.4 is 5.32 Å². The molecule has 0 bridgehead atoms. The molecule has 1 amide bonds. The van der Waals surface area contributed by atoms with Gasteiger partial charge in [-0.05, 0) is 42.0 Å². The summed E-state index contributed by atoms with van der Waals surface area (Å²) in [7, 11) is 0. The van der Waals surface area contributed by atoms with Crippen LogP contribution in [-0.4, -0.2) is 47.8 Å². The number of amides is 1. The van der Waals surface area contributed by atoms with Gasteiger partial charge in [-0.25, -0.2) is 4.99 Å². The van der Waals surface area contributed by atoms with Gasteiger partial charge in [0.1, 0.15) is 0 Å². The third kappa shape index (κ3) is 5.54. The predicted molar refractivity (Wildman–Crippen MR) is 127 cm³/mol. The maximum absolute atomic E-state index is 11.9. The molecule has 0 spiro atoms. The van der Waals surface area contributed by atoms with Crippen LogP contribution in [0.4, 0.5) is 0 Å². The van der Waals surface area contributed by atoms with Gasteiger partial charge in [-0.15, -0.1) is 0 Å². The molecule has 162 valence electrons. The SMILES string of the molecule is CCNC(=NCc1cccc(CN2CCCC2=O)c1)N1CC=C(c2ccccc2)CC1. The molecular formula is C26H32N4O. The summed E-state index contributed by atoms with van der Waals surface area (Å²) in [5.41, 5.74) is 5.09. The number of nitrogens with one attached hydrogen (secondary N) is 1. The molecule has 0 saturated carbocycles. The van der Waals surface area contributed by atoms with Crippen molar-refractivity contribution in [3.05, 3.63) is 77.4 Å². The molecule has 0 aliphatic carbocycles. The van der Waals surface area contributed by atoms with Crippen LogP contribution in [0.3, 0.4) is 0 Å². The van der Waals surface area contributed by atoms with Crippen LogP contribution in [0.1, 0.15) is 42.9 Å². The summed E-state index contributed by atoms with van der Waals surface area (Å²) in [6, 6.07) is 19.1. The van der Waals surface area contributed by atoms with Gasteiger partial charge in [0.2, 0.25) is 5.91 Å². The number of hydrogen-bond acceptors (Lipinski definition) is 2. The zero-order valence-electron chi connectivity index (χ0n) is 18.4. The smallest absolute Gasteiger partial charge is 0.222 e. The quantitative estimate of drug-likeness (QED) is 0.571. The molecule has 1 N–H and O–H groups in total. The Labute approximate surface area is 185 Å². The van der Waals surface area contributed by atoms with Crippen molar-refractivity contribution in [2.45, 2.75) is 39.3 Å². The van der Waals surface area contributed by atoms with Crippen molar-refractivity contribution < 1.29 is 4.79 Å². The molecule has 0 radical (unpaired) electrons. The second kappa shape index (κ2) is 10.3. The molecule has 2 aromatic rings. The summed E-state index contributed by atoms with van der Waals surface area (Å²) < 4.78 is 0. The molecule has 0 unspecified atom stereocenters. The maximum atomic E-state index is 11.9. The first-order chi connectivity index (χ1) is 15.2. The second-order valence-corrected chi connectivity index (χ2v) is 8.20. The van der Waals surface area contributed by atoms with Crippen LogP contribution in [0.5, 0.6) is 0 Å². The lowest BCUT2D eigenvalue weighted by Gasteiger charge is -2.30. The number of rotatable bonds is 6. The van der Waals surface area contributed by atoms with E-state index < -0.39 is 0 Å². The van der Waals surface area contributed by atoms with Gasteiger partial charge in [0.05, 0.1) is 6.54 Å². The molecule has 0 atom stereocenters. The summed E-state index contributed by atoms with van der Waals surface area (Å²) in [6.45, 7) is 7.00. The Morgan fingerprint density at radius 3 is 2.58 bits per heavy atom. The Balaban J connectivity index is 1.41. The fraction of sp³-hybridized carbons (Fsp3) is 0.385. The summed E-state index contributed by atoms with van der Waals surface area (Å²) in [6.07, 6.45) is 5.00. The lowest BCUT2D eigenvalue weighted by molar-refractivity contribution is -0.128. The molecule has 31 heavy (non-hydrogen) atoms. The molecule has 2 aliphatic rings. The average molecular weight is 417 g/mol. The van der Waals surface area contributed by atoms with Gasteiger partial charge < -0.3 is 15.1 Å². The Hall–Kier alpha value is -3.08. The van der Waals surface area contributed by atoms with Crippen LogP contribution in [0, 0.1) is 0 Å². The summed E-state index contributed by atoms with van der Waals surface area (Å²) >= 11 is 0. The minimum absolute atomic E-state index is 0.269. The van der Waals surface area contributed by atoms with E-state index in [1.165, 1.54) is 22.3 Å². The third-order valence-electron chi connectivity index (χ3n) is 5.94. The van der Waals surface area contributed by atoms with Crippen LogP contribution >= 0.6 is 0 Å². The van der Waals surface area contributed by atoms with Gasteiger partial charge in [0.25, 0.3) is 0 Å².